The minimum atomic E-state index is -0.559. The maximum Gasteiger partial charge on any atom is 0.167 e. The van der Waals surface area contributed by atoms with Crippen LogP contribution in [-0.2, 0) is 0 Å². The van der Waals surface area contributed by atoms with Crippen molar-refractivity contribution in [2.45, 2.75) is 0 Å². The highest BCUT2D eigenvalue weighted by Crippen LogP contribution is 2.31. The summed E-state index contributed by atoms with van der Waals surface area (Å²) in [7, 11) is 2.74. The number of nitrogens with one attached hydrogen (secondary N) is 1. The van der Waals surface area contributed by atoms with Crippen LogP contribution in [0.25, 0.3) is 0 Å². The second kappa shape index (κ2) is 5.64. The lowest BCUT2D eigenvalue weighted by atomic mass is 10.2. The SMILES string of the molecule is COc1ccc(Nc2cc(OC)c(F)cc2N)cc1F. The molecule has 0 fully saturated rings. The Balaban J connectivity index is 2.32. The van der Waals surface area contributed by atoms with Gasteiger partial charge in [0.1, 0.15) is 0 Å². The topological polar surface area (TPSA) is 56.5 Å². The fourth-order valence-corrected chi connectivity index (χ4v) is 1.73. The first kappa shape index (κ1) is 13.9. The van der Waals surface area contributed by atoms with Gasteiger partial charge in [0.05, 0.1) is 25.6 Å². The summed E-state index contributed by atoms with van der Waals surface area (Å²) in [6.45, 7) is 0. The zero-order chi connectivity index (χ0) is 14.7. The normalized spacial score (nSPS) is 10.2. The second-order valence-electron chi connectivity index (χ2n) is 4.05. The van der Waals surface area contributed by atoms with Gasteiger partial charge < -0.3 is 20.5 Å². The van der Waals surface area contributed by atoms with Gasteiger partial charge in [-0.15, -0.1) is 0 Å². The molecule has 6 heteroatoms. The van der Waals surface area contributed by atoms with Crippen LogP contribution < -0.4 is 20.5 Å². The van der Waals surface area contributed by atoms with Gasteiger partial charge in [-0.25, -0.2) is 8.78 Å². The van der Waals surface area contributed by atoms with Crippen molar-refractivity contribution < 1.29 is 18.3 Å². The van der Waals surface area contributed by atoms with E-state index in [1.165, 1.54) is 32.4 Å². The smallest absolute Gasteiger partial charge is 0.167 e. The molecule has 0 aliphatic heterocycles. The first-order valence-corrected chi connectivity index (χ1v) is 5.78. The molecule has 106 valence electrons. The molecule has 0 saturated heterocycles. The molecule has 0 saturated carbocycles. The number of anilines is 3. The molecule has 0 aromatic heterocycles. The number of hydrogen-bond acceptors (Lipinski definition) is 4. The fraction of sp³-hybridized carbons (Fsp3) is 0.143. The molecule has 3 N–H and O–H groups in total. The Hall–Kier alpha value is -2.50. The van der Waals surface area contributed by atoms with Crippen LogP contribution in [0.4, 0.5) is 25.8 Å². The summed E-state index contributed by atoms with van der Waals surface area (Å²) in [5.41, 5.74) is 6.79. The van der Waals surface area contributed by atoms with Crippen molar-refractivity contribution in [3.05, 3.63) is 42.0 Å². The standard InChI is InChI=1S/C14H14F2N2O2/c1-19-13-4-3-8(5-9(13)15)18-12-7-14(20-2)10(16)6-11(12)17/h3-7,18H,17H2,1-2H3. The third-order valence-corrected chi connectivity index (χ3v) is 2.75. The van der Waals surface area contributed by atoms with Gasteiger partial charge in [-0.3, -0.25) is 0 Å². The molecule has 0 aliphatic carbocycles. The average molecular weight is 280 g/mol. The lowest BCUT2D eigenvalue weighted by Gasteiger charge is -2.12. The van der Waals surface area contributed by atoms with Crippen molar-refractivity contribution in [2.24, 2.45) is 0 Å². The van der Waals surface area contributed by atoms with Gasteiger partial charge in [0, 0.05) is 23.9 Å². The highest BCUT2D eigenvalue weighted by Gasteiger charge is 2.10. The monoisotopic (exact) mass is 280 g/mol. The molecule has 20 heavy (non-hydrogen) atoms. The molecule has 4 nitrogen and oxygen atoms in total. The molecule has 0 atom stereocenters. The summed E-state index contributed by atoms with van der Waals surface area (Å²) < 4.78 is 36.7. The Morgan fingerprint density at radius 3 is 2.20 bits per heavy atom. The largest absolute Gasteiger partial charge is 0.494 e. The molecule has 0 spiro atoms. The Morgan fingerprint density at radius 1 is 0.950 bits per heavy atom. The summed E-state index contributed by atoms with van der Waals surface area (Å²) >= 11 is 0. The number of ether oxygens (including phenoxy) is 2. The van der Waals surface area contributed by atoms with Gasteiger partial charge in [-0.05, 0) is 12.1 Å². The van der Waals surface area contributed by atoms with E-state index in [-0.39, 0.29) is 17.2 Å². The summed E-state index contributed by atoms with van der Waals surface area (Å²) in [6.07, 6.45) is 0. The third kappa shape index (κ3) is 2.74. The van der Waals surface area contributed by atoms with E-state index >= 15 is 0 Å². The zero-order valence-electron chi connectivity index (χ0n) is 11.0. The molecule has 2 aromatic rings. The van der Waals surface area contributed by atoms with Crippen molar-refractivity contribution in [3.63, 3.8) is 0 Å². The van der Waals surface area contributed by atoms with Gasteiger partial charge in [0.25, 0.3) is 0 Å². The highest BCUT2D eigenvalue weighted by atomic mass is 19.1. The van der Waals surface area contributed by atoms with Crippen LogP contribution in [0, 0.1) is 11.6 Å². The van der Waals surface area contributed by atoms with Crippen molar-refractivity contribution in [1.29, 1.82) is 0 Å². The molecule has 0 amide bonds. The number of nitrogen functional groups attached to an aromatic ring is 1. The van der Waals surface area contributed by atoms with Crippen LogP contribution in [0.5, 0.6) is 11.5 Å². The van der Waals surface area contributed by atoms with E-state index < -0.39 is 11.6 Å². The predicted octanol–water partition coefficient (Wildman–Crippen LogP) is 3.31. The van der Waals surface area contributed by atoms with Gasteiger partial charge in [0.15, 0.2) is 23.1 Å². The van der Waals surface area contributed by atoms with E-state index in [2.05, 4.69) is 5.32 Å². The van der Waals surface area contributed by atoms with Gasteiger partial charge in [0.2, 0.25) is 0 Å². The minimum absolute atomic E-state index is 0.0516. The lowest BCUT2D eigenvalue weighted by molar-refractivity contribution is 0.386. The van der Waals surface area contributed by atoms with Crippen LogP contribution in [0.15, 0.2) is 30.3 Å². The lowest BCUT2D eigenvalue weighted by Crippen LogP contribution is -2.00. The molecular formula is C14H14F2N2O2. The van der Waals surface area contributed by atoms with Crippen molar-refractivity contribution >= 4 is 17.1 Å². The number of halogens is 2. The maximum atomic E-state index is 13.6. The molecule has 0 unspecified atom stereocenters. The second-order valence-corrected chi connectivity index (χ2v) is 4.05. The highest BCUT2D eigenvalue weighted by molar-refractivity contribution is 5.74. The van der Waals surface area contributed by atoms with Crippen molar-refractivity contribution in [2.75, 3.05) is 25.3 Å². The molecule has 0 aliphatic rings. The summed E-state index contributed by atoms with van der Waals surface area (Å²) in [5, 5.41) is 2.90. The molecule has 0 bridgehead atoms. The van der Waals surface area contributed by atoms with Gasteiger partial charge in [-0.2, -0.15) is 0 Å². The minimum Gasteiger partial charge on any atom is -0.494 e. The van der Waals surface area contributed by atoms with E-state index in [4.69, 9.17) is 15.2 Å². The van der Waals surface area contributed by atoms with Crippen LogP contribution in [0.3, 0.4) is 0 Å². The average Bonchev–Trinajstić information content (AvgIpc) is 2.42. The molecule has 0 radical (unpaired) electrons. The van der Waals surface area contributed by atoms with E-state index in [0.717, 1.165) is 6.07 Å². The number of methoxy groups -OCH3 is 2. The van der Waals surface area contributed by atoms with E-state index in [1.54, 1.807) is 6.07 Å². The van der Waals surface area contributed by atoms with Crippen LogP contribution in [0.2, 0.25) is 0 Å². The Kier molecular flexibility index (Phi) is 3.93. The fourth-order valence-electron chi connectivity index (χ4n) is 1.73. The van der Waals surface area contributed by atoms with Gasteiger partial charge >= 0.3 is 0 Å². The molecule has 2 rings (SSSR count). The molecular weight excluding hydrogens is 266 g/mol. The first-order chi connectivity index (χ1) is 9.55. The van der Waals surface area contributed by atoms with Crippen molar-refractivity contribution in [3.8, 4) is 11.5 Å². The van der Waals surface area contributed by atoms with Crippen molar-refractivity contribution in [1.82, 2.24) is 0 Å². The first-order valence-electron chi connectivity index (χ1n) is 5.78. The summed E-state index contributed by atoms with van der Waals surface area (Å²) in [5.74, 6) is -0.877. The zero-order valence-corrected chi connectivity index (χ0v) is 11.0. The number of hydrogen-bond donors (Lipinski definition) is 2. The van der Waals surface area contributed by atoms with E-state index in [9.17, 15) is 8.78 Å². The van der Waals surface area contributed by atoms with Crippen LogP contribution in [-0.4, -0.2) is 14.2 Å². The Labute approximate surface area is 115 Å². The quantitative estimate of drug-likeness (QED) is 0.844. The Bertz CT molecular complexity index is 633. The number of rotatable bonds is 4. The number of benzene rings is 2. The summed E-state index contributed by atoms with van der Waals surface area (Å²) in [6, 6.07) is 6.91. The number of nitrogens with two attached hydrogens (primary N) is 1. The maximum absolute atomic E-state index is 13.6. The van der Waals surface area contributed by atoms with E-state index in [1.807, 2.05) is 0 Å². The summed E-state index contributed by atoms with van der Waals surface area (Å²) in [4.78, 5) is 0. The predicted molar refractivity (Wildman–Crippen MR) is 73.6 cm³/mol. The molecule has 2 aromatic carbocycles. The molecule has 0 heterocycles. The Morgan fingerprint density at radius 2 is 1.60 bits per heavy atom. The van der Waals surface area contributed by atoms with Gasteiger partial charge in [-0.1, -0.05) is 0 Å². The van der Waals surface area contributed by atoms with Crippen LogP contribution in [0.1, 0.15) is 0 Å². The third-order valence-electron chi connectivity index (χ3n) is 2.75. The van der Waals surface area contributed by atoms with Crippen LogP contribution >= 0.6 is 0 Å². The van der Waals surface area contributed by atoms with E-state index in [0.29, 0.717) is 11.4 Å².